The van der Waals surface area contributed by atoms with Gasteiger partial charge in [0.05, 0.1) is 12.7 Å². The van der Waals surface area contributed by atoms with Gasteiger partial charge in [-0.15, -0.1) is 0 Å². The highest BCUT2D eigenvalue weighted by molar-refractivity contribution is 5.66. The van der Waals surface area contributed by atoms with Gasteiger partial charge in [-0.05, 0) is 19.8 Å². The van der Waals surface area contributed by atoms with Gasteiger partial charge in [0, 0.05) is 26.7 Å². The predicted molar refractivity (Wildman–Crippen MR) is 146 cm³/mol. The van der Waals surface area contributed by atoms with Crippen molar-refractivity contribution in [3.8, 4) is 0 Å². The zero-order valence-electron chi connectivity index (χ0n) is 23.9. The van der Waals surface area contributed by atoms with Gasteiger partial charge in [-0.2, -0.15) is 0 Å². The Labute approximate surface area is 224 Å². The molecule has 6 N–H and O–H groups in total. The number of carbonyl (C=O) groups is 4. The average Bonchev–Trinajstić information content (AvgIpc) is 2.77. The Hall–Kier alpha value is -2.20. The van der Waals surface area contributed by atoms with Crippen LogP contribution in [0.25, 0.3) is 0 Å². The van der Waals surface area contributed by atoms with Crippen LogP contribution in [0.15, 0.2) is 0 Å². The zero-order valence-corrected chi connectivity index (χ0v) is 23.9. The monoisotopic (exact) mass is 540 g/mol. The van der Waals surface area contributed by atoms with E-state index in [1.54, 1.807) is 0 Å². The van der Waals surface area contributed by atoms with Gasteiger partial charge in [-0.3, -0.25) is 19.2 Å². The van der Waals surface area contributed by atoms with Crippen LogP contribution in [0.3, 0.4) is 0 Å². The first-order chi connectivity index (χ1) is 17.3. The summed E-state index contributed by atoms with van der Waals surface area (Å²) >= 11 is 0. The molecule has 0 aromatic heterocycles. The predicted octanol–water partition coefficient (Wildman–Crippen LogP) is 5.96. The van der Waals surface area contributed by atoms with Crippen LogP contribution in [0.1, 0.15) is 137 Å². The van der Waals surface area contributed by atoms with E-state index >= 15 is 0 Å². The molecule has 1 atom stereocenters. The van der Waals surface area contributed by atoms with Crippen LogP contribution < -0.4 is 0 Å². The Bertz CT molecular complexity index is 446. The smallest absolute Gasteiger partial charge is 0.303 e. The van der Waals surface area contributed by atoms with Crippen LogP contribution in [0.5, 0.6) is 0 Å². The summed E-state index contributed by atoms with van der Waals surface area (Å²) in [5.74, 6) is -2.99. The average molecular weight is 541 g/mol. The van der Waals surface area contributed by atoms with Crippen LogP contribution >= 0.6 is 0 Å². The van der Waals surface area contributed by atoms with E-state index in [4.69, 9.17) is 40.2 Å². The first-order valence-electron chi connectivity index (χ1n) is 13.4. The first-order valence-corrected chi connectivity index (χ1v) is 13.4. The molecule has 0 bridgehead atoms. The van der Waals surface area contributed by atoms with E-state index < -0.39 is 30.0 Å². The summed E-state index contributed by atoms with van der Waals surface area (Å²) in [6.45, 7) is 7.95. The number of aliphatic hydroxyl groups excluding tert-OH is 2. The lowest BCUT2D eigenvalue weighted by Gasteiger charge is -1.98. The van der Waals surface area contributed by atoms with Crippen molar-refractivity contribution in [1.82, 2.24) is 0 Å². The van der Waals surface area contributed by atoms with Gasteiger partial charge < -0.3 is 30.6 Å². The quantitative estimate of drug-likeness (QED) is 0.120. The number of hydrogen-bond donors (Lipinski definition) is 6. The van der Waals surface area contributed by atoms with Crippen molar-refractivity contribution in [2.24, 2.45) is 0 Å². The molecule has 0 radical (unpaired) electrons. The maximum Gasteiger partial charge on any atom is 0.303 e. The van der Waals surface area contributed by atoms with Crippen molar-refractivity contribution >= 4 is 23.9 Å². The Morgan fingerprint density at radius 2 is 0.730 bits per heavy atom. The fourth-order valence-corrected chi connectivity index (χ4v) is 2.47. The summed E-state index contributed by atoms with van der Waals surface area (Å²) in [5, 5.41) is 47.5. The van der Waals surface area contributed by atoms with E-state index in [0.29, 0.717) is 12.8 Å². The first kappa shape index (κ1) is 44.8. The van der Waals surface area contributed by atoms with Crippen molar-refractivity contribution in [2.75, 3.05) is 6.61 Å². The van der Waals surface area contributed by atoms with Crippen LogP contribution in [0.2, 0.25) is 0 Å². The van der Waals surface area contributed by atoms with Gasteiger partial charge in [0.25, 0.3) is 11.9 Å². The summed E-state index contributed by atoms with van der Waals surface area (Å²) in [7, 11) is 0. The molecule has 0 aliphatic carbocycles. The fraction of sp³-hybridized carbons (Fsp3) is 0.852. The van der Waals surface area contributed by atoms with E-state index in [9.17, 15) is 9.59 Å². The number of carboxylic acid groups (broad SMARTS) is 4. The number of unbranched alkanes of at least 4 members (excludes halogenated alkanes) is 12. The lowest BCUT2D eigenvalue weighted by molar-refractivity contribution is -0.138. The minimum Gasteiger partial charge on any atom is -0.481 e. The van der Waals surface area contributed by atoms with E-state index in [0.717, 1.165) is 39.5 Å². The molecular weight excluding hydrogens is 484 g/mol. The van der Waals surface area contributed by atoms with E-state index in [1.165, 1.54) is 71.1 Å². The molecule has 0 saturated heterocycles. The molecule has 0 fully saturated rings. The summed E-state index contributed by atoms with van der Waals surface area (Å²) < 4.78 is 0. The zero-order chi connectivity index (χ0) is 29.9. The van der Waals surface area contributed by atoms with Crippen molar-refractivity contribution in [3.63, 3.8) is 0 Å². The number of aliphatic hydroxyl groups is 2. The molecule has 10 nitrogen and oxygen atoms in total. The molecule has 37 heavy (non-hydrogen) atoms. The van der Waals surface area contributed by atoms with Crippen molar-refractivity contribution < 1.29 is 49.8 Å². The Kier molecular flexibility index (Phi) is 49.5. The summed E-state index contributed by atoms with van der Waals surface area (Å²) in [6, 6.07) is 0. The second-order valence-electron chi connectivity index (χ2n) is 8.60. The third-order valence-corrected chi connectivity index (χ3v) is 4.25. The lowest BCUT2D eigenvalue weighted by Crippen LogP contribution is -2.03. The molecule has 1 unspecified atom stereocenters. The maximum absolute atomic E-state index is 10.1. The van der Waals surface area contributed by atoms with Gasteiger partial charge in [0.2, 0.25) is 0 Å². The molecule has 0 aromatic rings. The molecule has 10 heteroatoms. The molecule has 0 aromatic carbocycles. The van der Waals surface area contributed by atoms with Gasteiger partial charge in [0.1, 0.15) is 0 Å². The van der Waals surface area contributed by atoms with E-state index in [1.807, 2.05) is 0 Å². The minimum atomic E-state index is -0.833. The Morgan fingerprint density at radius 1 is 0.541 bits per heavy atom. The highest BCUT2D eigenvalue weighted by atomic mass is 16.4. The molecule has 0 amide bonds. The minimum absolute atomic E-state index is 0.139. The van der Waals surface area contributed by atoms with Crippen LogP contribution in [-0.2, 0) is 19.2 Å². The highest BCUT2D eigenvalue weighted by Gasteiger charge is 1.96. The standard InChI is InChI=1S/2C10H20O2.C3H8O2.2C2H4O2/c2*1-2-3-4-5-6-7-8-9-10(11)12;1-3(5)2-4;2*1-2(3)4/h2*2-9H2,1H3,(H,11,12);3-5H,2H2,1H3;2*1H3,(H,3,4). The Morgan fingerprint density at radius 3 is 0.892 bits per heavy atom. The largest absolute Gasteiger partial charge is 0.481 e. The van der Waals surface area contributed by atoms with Crippen LogP contribution in [0.4, 0.5) is 0 Å². The summed E-state index contributed by atoms with van der Waals surface area (Å²) in [6.07, 6.45) is 16.7. The second-order valence-corrected chi connectivity index (χ2v) is 8.60. The molecule has 0 rings (SSSR count). The molecule has 0 aliphatic heterocycles. The molecule has 224 valence electrons. The van der Waals surface area contributed by atoms with Gasteiger partial charge >= 0.3 is 11.9 Å². The topological polar surface area (TPSA) is 190 Å². The Balaban J connectivity index is -0.000000127. The maximum atomic E-state index is 10.1. The third kappa shape index (κ3) is 108. The van der Waals surface area contributed by atoms with E-state index in [2.05, 4.69) is 13.8 Å². The van der Waals surface area contributed by atoms with Gasteiger partial charge in [-0.25, -0.2) is 0 Å². The number of carboxylic acids is 4. The highest BCUT2D eigenvalue weighted by Crippen LogP contribution is 2.08. The second kappa shape index (κ2) is 40.9. The van der Waals surface area contributed by atoms with Gasteiger partial charge in [0.15, 0.2) is 0 Å². The molecule has 0 aliphatic rings. The van der Waals surface area contributed by atoms with Crippen molar-refractivity contribution in [2.45, 2.75) is 143 Å². The molecule has 0 spiro atoms. The number of rotatable bonds is 17. The third-order valence-electron chi connectivity index (χ3n) is 4.25. The number of hydrogen-bond acceptors (Lipinski definition) is 6. The lowest BCUT2D eigenvalue weighted by atomic mass is 10.1. The fourth-order valence-electron chi connectivity index (χ4n) is 2.47. The van der Waals surface area contributed by atoms with E-state index in [-0.39, 0.29) is 6.61 Å². The molecular formula is C27H56O10. The summed E-state index contributed by atoms with van der Waals surface area (Å²) in [4.78, 5) is 38.3. The van der Waals surface area contributed by atoms with Crippen LogP contribution in [-0.4, -0.2) is 67.2 Å². The number of aliphatic carboxylic acids is 4. The molecule has 0 saturated carbocycles. The summed E-state index contributed by atoms with van der Waals surface area (Å²) in [5.41, 5.74) is 0. The van der Waals surface area contributed by atoms with Crippen LogP contribution in [0, 0.1) is 0 Å². The van der Waals surface area contributed by atoms with Gasteiger partial charge in [-0.1, -0.05) is 90.9 Å². The van der Waals surface area contributed by atoms with Crippen molar-refractivity contribution in [1.29, 1.82) is 0 Å². The van der Waals surface area contributed by atoms with Crippen molar-refractivity contribution in [3.05, 3.63) is 0 Å². The molecule has 0 heterocycles. The normalized spacial score (nSPS) is 9.92. The SMILES string of the molecule is CC(=O)O.CC(=O)O.CC(O)CO.CCCCCCCCCC(=O)O.CCCCCCCCCC(=O)O.